The van der Waals surface area contributed by atoms with Gasteiger partial charge in [0.05, 0.1) is 25.4 Å². The zero-order chi connectivity index (χ0) is 20.5. The molecule has 1 aliphatic heterocycles. The predicted octanol–water partition coefficient (Wildman–Crippen LogP) is 4.65. The summed E-state index contributed by atoms with van der Waals surface area (Å²) < 4.78 is 10.6. The van der Waals surface area contributed by atoms with E-state index >= 15 is 0 Å². The molecule has 3 rings (SSSR count). The topological polar surface area (TPSA) is 59.0 Å². The lowest BCUT2D eigenvalue weighted by Crippen LogP contribution is -2.48. The second-order valence-corrected chi connectivity index (χ2v) is 7.30. The molecule has 0 atom stereocenters. The van der Waals surface area contributed by atoms with Gasteiger partial charge in [0, 0.05) is 11.6 Å². The Kier molecular flexibility index (Phi) is 5.18. The number of phenolic OH excluding ortho intramolecular Hbond substituents is 1. The highest BCUT2D eigenvalue weighted by Gasteiger charge is 2.34. The van der Waals surface area contributed by atoms with Crippen LogP contribution in [0.1, 0.15) is 31.9 Å². The molecule has 0 saturated heterocycles. The summed E-state index contributed by atoms with van der Waals surface area (Å²) in [5, 5.41) is 9.84. The summed E-state index contributed by atoms with van der Waals surface area (Å²) in [6.07, 6.45) is 5.34. The number of allylic oxidation sites excluding steroid dienone is 1. The van der Waals surface area contributed by atoms with Gasteiger partial charge < -0.3 is 14.6 Å². The van der Waals surface area contributed by atoms with E-state index in [1.165, 1.54) is 0 Å². The quantitative estimate of drug-likeness (QED) is 0.786. The van der Waals surface area contributed by atoms with Crippen molar-refractivity contribution in [1.82, 2.24) is 0 Å². The van der Waals surface area contributed by atoms with E-state index in [-0.39, 0.29) is 11.7 Å². The molecule has 5 nitrogen and oxygen atoms in total. The molecule has 1 N–H and O–H groups in total. The highest BCUT2D eigenvalue weighted by molar-refractivity contribution is 6.08. The molecule has 2 aromatic rings. The Bertz CT molecular complexity index is 973. The number of carbonyl (C=O) groups excluding carboxylic acids is 1. The van der Waals surface area contributed by atoms with Gasteiger partial charge in [0.1, 0.15) is 5.75 Å². The first-order valence-electron chi connectivity index (χ1n) is 9.04. The third-order valence-electron chi connectivity index (χ3n) is 4.84. The largest absolute Gasteiger partial charge is 0.508 e. The minimum Gasteiger partial charge on any atom is -0.508 e. The molecule has 28 heavy (non-hydrogen) atoms. The molecule has 1 heterocycles. The maximum atomic E-state index is 13.1. The van der Waals surface area contributed by atoms with Gasteiger partial charge in [0.15, 0.2) is 11.5 Å². The number of anilines is 1. The summed E-state index contributed by atoms with van der Waals surface area (Å²) >= 11 is 0. The molecule has 0 radical (unpaired) electrons. The Morgan fingerprint density at radius 2 is 1.79 bits per heavy atom. The minimum absolute atomic E-state index is 0.143. The monoisotopic (exact) mass is 379 g/mol. The second kappa shape index (κ2) is 7.43. The van der Waals surface area contributed by atoms with Gasteiger partial charge in [-0.3, -0.25) is 9.69 Å². The number of methoxy groups -OCH3 is 2. The first-order chi connectivity index (χ1) is 13.3. The molecule has 0 bridgehead atoms. The van der Waals surface area contributed by atoms with Crippen molar-refractivity contribution in [3.8, 4) is 17.2 Å². The maximum absolute atomic E-state index is 13.1. The Labute approximate surface area is 165 Å². The Balaban J connectivity index is 1.95. The van der Waals surface area contributed by atoms with Gasteiger partial charge in [0.2, 0.25) is 0 Å². The van der Waals surface area contributed by atoms with E-state index in [4.69, 9.17) is 9.47 Å². The second-order valence-electron chi connectivity index (χ2n) is 7.30. The van der Waals surface area contributed by atoms with Crippen LogP contribution in [0.15, 0.2) is 48.6 Å². The highest BCUT2D eigenvalue weighted by Crippen LogP contribution is 2.40. The molecule has 0 aliphatic carbocycles. The molecule has 5 heteroatoms. The van der Waals surface area contributed by atoms with Gasteiger partial charge in [-0.25, -0.2) is 0 Å². The summed E-state index contributed by atoms with van der Waals surface area (Å²) in [5.74, 6) is 1.28. The summed E-state index contributed by atoms with van der Waals surface area (Å²) in [6, 6.07) is 10.6. The fraction of sp³-hybridized carbons (Fsp3) is 0.261. The predicted molar refractivity (Wildman–Crippen MR) is 112 cm³/mol. The van der Waals surface area contributed by atoms with Crippen LogP contribution in [0, 0.1) is 0 Å². The van der Waals surface area contributed by atoms with Crippen molar-refractivity contribution in [1.29, 1.82) is 0 Å². The Morgan fingerprint density at radius 1 is 1.07 bits per heavy atom. The van der Waals surface area contributed by atoms with Crippen molar-refractivity contribution in [3.63, 3.8) is 0 Å². The SMILES string of the molecule is COc1ccc(/C=C/C(=O)N2c3ccc(O)cc3C(C)=CC2(C)C)cc1OC. The van der Waals surface area contributed by atoms with Crippen LogP contribution >= 0.6 is 0 Å². The van der Waals surface area contributed by atoms with Crippen LogP contribution in [-0.2, 0) is 4.79 Å². The van der Waals surface area contributed by atoms with E-state index in [0.717, 1.165) is 22.4 Å². The fourth-order valence-corrected chi connectivity index (χ4v) is 3.62. The molecular weight excluding hydrogens is 354 g/mol. The van der Waals surface area contributed by atoms with Crippen molar-refractivity contribution < 1.29 is 19.4 Å². The minimum atomic E-state index is -0.493. The average molecular weight is 379 g/mol. The van der Waals surface area contributed by atoms with Crippen molar-refractivity contribution in [3.05, 3.63) is 59.7 Å². The summed E-state index contributed by atoms with van der Waals surface area (Å²) in [7, 11) is 3.16. The standard InChI is InChI=1S/C23H25NO4/c1-15-14-23(2,3)24(19-9-8-17(25)13-18(15)19)22(26)11-7-16-6-10-20(27-4)21(12-16)28-5/h6-14,25H,1-5H3/b11-7+. The summed E-state index contributed by atoms with van der Waals surface area (Å²) in [4.78, 5) is 14.9. The lowest BCUT2D eigenvalue weighted by Gasteiger charge is -2.41. The summed E-state index contributed by atoms with van der Waals surface area (Å²) in [6.45, 7) is 5.98. The van der Waals surface area contributed by atoms with Crippen molar-refractivity contribution >= 4 is 23.2 Å². The number of aromatic hydroxyl groups is 1. The number of amides is 1. The number of hydrogen-bond donors (Lipinski definition) is 1. The van der Waals surface area contributed by atoms with Gasteiger partial charge in [0.25, 0.3) is 5.91 Å². The van der Waals surface area contributed by atoms with E-state index in [1.807, 2.05) is 39.0 Å². The number of hydrogen-bond acceptors (Lipinski definition) is 4. The van der Waals surface area contributed by atoms with Gasteiger partial charge in [-0.05, 0) is 68.3 Å². The smallest absolute Gasteiger partial charge is 0.251 e. The van der Waals surface area contributed by atoms with E-state index in [2.05, 4.69) is 0 Å². The maximum Gasteiger partial charge on any atom is 0.251 e. The van der Waals surface area contributed by atoms with Crippen molar-refractivity contribution in [2.45, 2.75) is 26.3 Å². The third kappa shape index (κ3) is 3.60. The molecule has 1 amide bonds. The molecule has 0 saturated carbocycles. The number of ether oxygens (including phenoxy) is 2. The zero-order valence-electron chi connectivity index (χ0n) is 16.8. The lowest BCUT2D eigenvalue weighted by molar-refractivity contribution is -0.114. The number of rotatable bonds is 4. The number of phenols is 1. The Hall–Kier alpha value is -3.21. The van der Waals surface area contributed by atoms with Crippen molar-refractivity contribution in [2.75, 3.05) is 19.1 Å². The normalized spacial score (nSPS) is 15.2. The van der Waals surface area contributed by atoms with Crippen LogP contribution in [-0.4, -0.2) is 30.8 Å². The van der Waals surface area contributed by atoms with Crippen LogP contribution in [0.3, 0.4) is 0 Å². The number of fused-ring (bicyclic) bond motifs is 1. The van der Waals surface area contributed by atoms with Crippen molar-refractivity contribution in [2.24, 2.45) is 0 Å². The zero-order valence-corrected chi connectivity index (χ0v) is 16.8. The molecule has 0 fully saturated rings. The third-order valence-corrected chi connectivity index (χ3v) is 4.84. The van der Waals surface area contributed by atoms with Crippen LogP contribution in [0.4, 0.5) is 5.69 Å². The molecule has 1 aliphatic rings. The Morgan fingerprint density at radius 3 is 2.46 bits per heavy atom. The molecule has 0 unspecified atom stereocenters. The van der Waals surface area contributed by atoms with Gasteiger partial charge in [-0.1, -0.05) is 12.1 Å². The van der Waals surface area contributed by atoms with Gasteiger partial charge in [-0.15, -0.1) is 0 Å². The van der Waals surface area contributed by atoms with Crippen LogP contribution in [0.2, 0.25) is 0 Å². The number of nitrogens with zero attached hydrogens (tertiary/aromatic N) is 1. The van der Waals surface area contributed by atoms with E-state index in [0.29, 0.717) is 11.5 Å². The molecule has 0 aromatic heterocycles. The first kappa shape index (κ1) is 19.5. The summed E-state index contributed by atoms with van der Waals surface area (Å²) in [5.41, 5.74) is 3.01. The molecule has 146 valence electrons. The average Bonchev–Trinajstić information content (AvgIpc) is 2.66. The van der Waals surface area contributed by atoms with Crippen LogP contribution < -0.4 is 14.4 Å². The highest BCUT2D eigenvalue weighted by atomic mass is 16.5. The van der Waals surface area contributed by atoms with E-state index < -0.39 is 5.54 Å². The van der Waals surface area contributed by atoms with Gasteiger partial charge >= 0.3 is 0 Å². The lowest BCUT2D eigenvalue weighted by atomic mass is 9.88. The van der Waals surface area contributed by atoms with Crippen LogP contribution in [0.25, 0.3) is 11.6 Å². The van der Waals surface area contributed by atoms with E-state index in [9.17, 15) is 9.90 Å². The molecule has 0 spiro atoms. The van der Waals surface area contributed by atoms with Crippen LogP contribution in [0.5, 0.6) is 17.2 Å². The van der Waals surface area contributed by atoms with Gasteiger partial charge in [-0.2, -0.15) is 0 Å². The molecule has 2 aromatic carbocycles. The number of benzene rings is 2. The van der Waals surface area contributed by atoms with E-state index in [1.54, 1.807) is 55.5 Å². The molecular formula is C23H25NO4. The number of carbonyl (C=O) groups is 1. The fourth-order valence-electron chi connectivity index (χ4n) is 3.62. The first-order valence-corrected chi connectivity index (χ1v) is 9.04.